The van der Waals surface area contributed by atoms with Crippen molar-refractivity contribution < 1.29 is 14.1 Å². The summed E-state index contributed by atoms with van der Waals surface area (Å²) in [6, 6.07) is 12.1. The van der Waals surface area contributed by atoms with Crippen molar-refractivity contribution in [1.29, 1.82) is 0 Å². The topological polar surface area (TPSA) is 81.9 Å². The maximum atomic E-state index is 12.7. The third-order valence-electron chi connectivity index (χ3n) is 6.34. The van der Waals surface area contributed by atoms with Crippen LogP contribution in [0.4, 0.5) is 5.69 Å². The van der Waals surface area contributed by atoms with Crippen LogP contribution < -0.4 is 10.2 Å². The van der Waals surface area contributed by atoms with Crippen LogP contribution in [0, 0.1) is 0 Å². The predicted octanol–water partition coefficient (Wildman–Crippen LogP) is 0.928. The van der Waals surface area contributed by atoms with E-state index in [0.717, 1.165) is 31.6 Å². The molecular weight excluding hydrogens is 358 g/mol. The summed E-state index contributed by atoms with van der Waals surface area (Å²) in [5.74, 6) is 0.316. The summed E-state index contributed by atoms with van der Waals surface area (Å²) >= 11 is 0. The molecule has 0 saturated carbocycles. The van der Waals surface area contributed by atoms with E-state index >= 15 is 0 Å². The molecule has 4 heterocycles. The Balaban J connectivity index is 1.22. The Labute approximate surface area is 163 Å². The normalized spacial score (nSPS) is 22.4. The maximum Gasteiger partial charge on any atom is 0.292 e. The van der Waals surface area contributed by atoms with E-state index in [1.807, 2.05) is 18.2 Å². The average molecular weight is 381 g/mol. The molecule has 0 aliphatic carbocycles. The standard InChI is InChI=1S/C20H23N5O3/c26-18(17-6-9-22-28-17)24-12-16(13-24)23-10-7-20(8-11-23)19(27)21-14-25(20)15-4-2-1-3-5-15/h1-6,9,16H,7-8,10-14H2,(H,21,27). The zero-order chi connectivity index (χ0) is 19.1. The number of hydrogen-bond donors (Lipinski definition) is 1. The predicted molar refractivity (Wildman–Crippen MR) is 102 cm³/mol. The number of piperidine rings is 1. The molecule has 8 heteroatoms. The summed E-state index contributed by atoms with van der Waals surface area (Å²) in [6.07, 6.45) is 3.07. The van der Waals surface area contributed by atoms with Gasteiger partial charge in [-0.15, -0.1) is 0 Å². The van der Waals surface area contributed by atoms with Crippen molar-refractivity contribution in [2.24, 2.45) is 0 Å². The number of hydrogen-bond acceptors (Lipinski definition) is 6. The van der Waals surface area contributed by atoms with Crippen LogP contribution in [-0.2, 0) is 4.79 Å². The highest BCUT2D eigenvalue weighted by atomic mass is 16.5. The molecule has 1 spiro atoms. The Morgan fingerprint density at radius 2 is 1.89 bits per heavy atom. The summed E-state index contributed by atoms with van der Waals surface area (Å²) in [4.78, 5) is 31.4. The van der Waals surface area contributed by atoms with E-state index < -0.39 is 5.54 Å². The molecule has 3 fully saturated rings. The molecule has 2 aromatic rings. The van der Waals surface area contributed by atoms with Crippen LogP contribution in [0.5, 0.6) is 0 Å². The molecule has 0 radical (unpaired) electrons. The molecule has 1 aromatic carbocycles. The number of para-hydroxylation sites is 1. The number of nitrogens with one attached hydrogen (secondary N) is 1. The van der Waals surface area contributed by atoms with Gasteiger partial charge in [0.25, 0.3) is 5.91 Å². The molecule has 8 nitrogen and oxygen atoms in total. The number of likely N-dealkylation sites (tertiary alicyclic amines) is 2. The third kappa shape index (κ3) is 2.67. The van der Waals surface area contributed by atoms with E-state index in [2.05, 4.69) is 32.4 Å². The Bertz CT molecular complexity index is 855. The van der Waals surface area contributed by atoms with Gasteiger partial charge in [-0.3, -0.25) is 14.5 Å². The second-order valence-corrected chi connectivity index (χ2v) is 7.74. The highest BCUT2D eigenvalue weighted by molar-refractivity contribution is 5.93. The molecule has 3 aliphatic heterocycles. The van der Waals surface area contributed by atoms with Crippen molar-refractivity contribution in [3.8, 4) is 0 Å². The second-order valence-electron chi connectivity index (χ2n) is 7.74. The molecule has 3 saturated heterocycles. The molecule has 5 rings (SSSR count). The highest BCUT2D eigenvalue weighted by Crippen LogP contribution is 2.37. The minimum absolute atomic E-state index is 0.104. The minimum atomic E-state index is -0.461. The first kappa shape index (κ1) is 17.2. The Kier molecular flexibility index (Phi) is 4.08. The monoisotopic (exact) mass is 381 g/mol. The SMILES string of the molecule is O=C(c1ccno1)N1CC(N2CCC3(CC2)C(=O)NCN3c2ccccc2)C1. The molecule has 2 amide bonds. The van der Waals surface area contributed by atoms with Crippen molar-refractivity contribution in [1.82, 2.24) is 20.3 Å². The highest BCUT2D eigenvalue weighted by Gasteiger charge is 2.51. The van der Waals surface area contributed by atoms with Crippen LogP contribution >= 0.6 is 0 Å². The molecule has 0 atom stereocenters. The van der Waals surface area contributed by atoms with Gasteiger partial charge in [-0.25, -0.2) is 0 Å². The average Bonchev–Trinajstić information content (AvgIpc) is 3.33. The molecule has 3 aliphatic rings. The van der Waals surface area contributed by atoms with Crippen molar-refractivity contribution >= 4 is 17.5 Å². The van der Waals surface area contributed by atoms with Gasteiger partial charge in [0.2, 0.25) is 11.7 Å². The van der Waals surface area contributed by atoms with Gasteiger partial charge in [-0.2, -0.15) is 0 Å². The van der Waals surface area contributed by atoms with E-state index in [4.69, 9.17) is 4.52 Å². The summed E-state index contributed by atoms with van der Waals surface area (Å²) in [5, 5.41) is 6.63. The van der Waals surface area contributed by atoms with Crippen molar-refractivity contribution in [2.45, 2.75) is 24.4 Å². The fourth-order valence-electron chi connectivity index (χ4n) is 4.63. The van der Waals surface area contributed by atoms with E-state index in [1.54, 1.807) is 11.0 Å². The molecule has 146 valence electrons. The van der Waals surface area contributed by atoms with Crippen LogP contribution in [0.25, 0.3) is 0 Å². The number of rotatable bonds is 3. The lowest BCUT2D eigenvalue weighted by Gasteiger charge is -2.50. The Morgan fingerprint density at radius 1 is 1.14 bits per heavy atom. The van der Waals surface area contributed by atoms with Gasteiger partial charge in [-0.1, -0.05) is 23.4 Å². The van der Waals surface area contributed by atoms with Gasteiger partial charge in [0.1, 0.15) is 5.54 Å². The number of amides is 2. The lowest BCUT2D eigenvalue weighted by atomic mass is 9.84. The lowest BCUT2D eigenvalue weighted by Crippen LogP contribution is -2.65. The van der Waals surface area contributed by atoms with Gasteiger partial charge < -0.3 is 19.6 Å². The smallest absolute Gasteiger partial charge is 0.292 e. The number of carbonyl (C=O) groups excluding carboxylic acids is 2. The molecule has 28 heavy (non-hydrogen) atoms. The number of aromatic nitrogens is 1. The molecule has 1 aromatic heterocycles. The molecule has 1 N–H and O–H groups in total. The first-order chi connectivity index (χ1) is 13.7. The first-order valence-corrected chi connectivity index (χ1v) is 9.72. The Hall–Kier alpha value is -2.87. The van der Waals surface area contributed by atoms with Crippen LogP contribution in [0.1, 0.15) is 23.4 Å². The fourth-order valence-corrected chi connectivity index (χ4v) is 4.63. The minimum Gasteiger partial charge on any atom is -0.351 e. The van der Waals surface area contributed by atoms with Gasteiger partial charge in [0.05, 0.1) is 12.9 Å². The number of benzene rings is 1. The summed E-state index contributed by atoms with van der Waals surface area (Å²) in [6.45, 7) is 3.66. The second kappa shape index (κ2) is 6.63. The largest absolute Gasteiger partial charge is 0.351 e. The Morgan fingerprint density at radius 3 is 2.57 bits per heavy atom. The van der Waals surface area contributed by atoms with E-state index in [0.29, 0.717) is 25.8 Å². The third-order valence-corrected chi connectivity index (χ3v) is 6.34. The fraction of sp³-hybridized carbons (Fsp3) is 0.450. The van der Waals surface area contributed by atoms with Crippen LogP contribution in [0.15, 0.2) is 47.1 Å². The van der Waals surface area contributed by atoms with Crippen molar-refractivity contribution in [3.05, 3.63) is 48.4 Å². The van der Waals surface area contributed by atoms with Crippen molar-refractivity contribution in [2.75, 3.05) is 37.7 Å². The van der Waals surface area contributed by atoms with Crippen molar-refractivity contribution in [3.63, 3.8) is 0 Å². The first-order valence-electron chi connectivity index (χ1n) is 9.72. The van der Waals surface area contributed by atoms with Gasteiger partial charge in [-0.05, 0) is 25.0 Å². The summed E-state index contributed by atoms with van der Waals surface area (Å²) in [7, 11) is 0. The zero-order valence-electron chi connectivity index (χ0n) is 15.6. The van der Waals surface area contributed by atoms with E-state index in [-0.39, 0.29) is 17.6 Å². The van der Waals surface area contributed by atoms with Crippen LogP contribution in [0.3, 0.4) is 0 Å². The van der Waals surface area contributed by atoms with Crippen LogP contribution in [-0.4, -0.2) is 71.2 Å². The molecular formula is C20H23N5O3. The van der Waals surface area contributed by atoms with Gasteiger partial charge in [0, 0.05) is 44.0 Å². The van der Waals surface area contributed by atoms with E-state index in [1.165, 1.54) is 6.20 Å². The maximum absolute atomic E-state index is 12.7. The zero-order valence-corrected chi connectivity index (χ0v) is 15.6. The molecule has 0 unspecified atom stereocenters. The summed E-state index contributed by atoms with van der Waals surface area (Å²) in [5.41, 5.74) is 0.624. The summed E-state index contributed by atoms with van der Waals surface area (Å²) < 4.78 is 4.96. The van der Waals surface area contributed by atoms with Gasteiger partial charge in [0.15, 0.2) is 0 Å². The number of nitrogens with zero attached hydrogens (tertiary/aromatic N) is 4. The number of anilines is 1. The van der Waals surface area contributed by atoms with E-state index in [9.17, 15) is 9.59 Å². The van der Waals surface area contributed by atoms with Gasteiger partial charge >= 0.3 is 0 Å². The number of carbonyl (C=O) groups is 2. The quantitative estimate of drug-likeness (QED) is 0.852. The molecule has 0 bridgehead atoms. The lowest BCUT2D eigenvalue weighted by molar-refractivity contribution is -0.125. The van der Waals surface area contributed by atoms with Crippen LogP contribution in [0.2, 0.25) is 0 Å².